The average Bonchev–Trinajstić information content (AvgIpc) is 2.43. The Morgan fingerprint density at radius 3 is 2.53 bits per heavy atom. The third-order valence-corrected chi connectivity index (χ3v) is 2.24. The minimum absolute atomic E-state index is 0.169. The zero-order valence-corrected chi connectivity index (χ0v) is 11.0. The largest absolute Gasteiger partial charge is 0.465 e. The molecule has 0 aliphatic rings. The molecule has 0 heterocycles. The summed E-state index contributed by atoms with van der Waals surface area (Å²) in [7, 11) is 0. The predicted octanol–water partition coefficient (Wildman–Crippen LogP) is 1.37. The number of hydrogen-bond donors (Lipinski definition) is 2. The standard InChI is InChI=1S/C13H18N2O4/c1-3-18-12(16)10(2)14-15-13(17)19-9-11-7-5-4-6-8-11/h4-8,10,14H,3,9H2,1-2H3,(H,15,17). The molecule has 0 aromatic heterocycles. The van der Waals surface area contributed by atoms with Crippen molar-refractivity contribution in [2.24, 2.45) is 0 Å². The van der Waals surface area contributed by atoms with Crippen LogP contribution in [-0.2, 0) is 20.9 Å². The highest BCUT2D eigenvalue weighted by Gasteiger charge is 2.14. The zero-order chi connectivity index (χ0) is 14.1. The summed E-state index contributed by atoms with van der Waals surface area (Å²) in [6.45, 7) is 3.76. The van der Waals surface area contributed by atoms with Gasteiger partial charge in [0.15, 0.2) is 0 Å². The Balaban J connectivity index is 2.23. The van der Waals surface area contributed by atoms with Crippen molar-refractivity contribution in [3.05, 3.63) is 35.9 Å². The molecule has 1 amide bonds. The molecular weight excluding hydrogens is 248 g/mol. The van der Waals surface area contributed by atoms with Gasteiger partial charge >= 0.3 is 12.1 Å². The summed E-state index contributed by atoms with van der Waals surface area (Å²) in [5.41, 5.74) is 5.67. The molecule has 0 fully saturated rings. The molecule has 0 saturated heterocycles. The molecule has 0 bridgehead atoms. The Labute approximate surface area is 112 Å². The van der Waals surface area contributed by atoms with Crippen molar-refractivity contribution in [1.29, 1.82) is 0 Å². The van der Waals surface area contributed by atoms with Crippen LogP contribution >= 0.6 is 0 Å². The number of carbonyl (C=O) groups is 2. The predicted molar refractivity (Wildman–Crippen MR) is 69.0 cm³/mol. The van der Waals surface area contributed by atoms with Crippen molar-refractivity contribution in [3.8, 4) is 0 Å². The minimum atomic E-state index is -0.653. The number of amides is 1. The van der Waals surface area contributed by atoms with E-state index in [4.69, 9.17) is 9.47 Å². The van der Waals surface area contributed by atoms with E-state index in [1.807, 2.05) is 30.3 Å². The van der Waals surface area contributed by atoms with Gasteiger partial charge in [0.05, 0.1) is 6.61 Å². The molecule has 2 N–H and O–H groups in total. The number of benzene rings is 1. The fourth-order valence-corrected chi connectivity index (χ4v) is 1.25. The first-order valence-electron chi connectivity index (χ1n) is 6.02. The van der Waals surface area contributed by atoms with Gasteiger partial charge in [-0.1, -0.05) is 30.3 Å². The van der Waals surface area contributed by atoms with Gasteiger partial charge in [0.2, 0.25) is 0 Å². The van der Waals surface area contributed by atoms with E-state index in [-0.39, 0.29) is 6.61 Å². The molecule has 6 heteroatoms. The van der Waals surface area contributed by atoms with Crippen LogP contribution in [0.15, 0.2) is 30.3 Å². The van der Waals surface area contributed by atoms with Crippen LogP contribution in [0.5, 0.6) is 0 Å². The summed E-state index contributed by atoms with van der Waals surface area (Å²) < 4.78 is 9.73. The first-order valence-corrected chi connectivity index (χ1v) is 6.02. The first kappa shape index (κ1) is 15.0. The average molecular weight is 266 g/mol. The maximum Gasteiger partial charge on any atom is 0.421 e. The van der Waals surface area contributed by atoms with Gasteiger partial charge in [0, 0.05) is 0 Å². The van der Waals surface area contributed by atoms with Crippen LogP contribution in [0.1, 0.15) is 19.4 Å². The highest BCUT2D eigenvalue weighted by atomic mass is 16.6. The molecule has 0 radical (unpaired) electrons. The lowest BCUT2D eigenvalue weighted by Gasteiger charge is -2.13. The van der Waals surface area contributed by atoms with Crippen molar-refractivity contribution >= 4 is 12.1 Å². The molecular formula is C13H18N2O4. The normalized spacial score (nSPS) is 11.5. The third kappa shape index (κ3) is 5.87. The molecule has 0 saturated carbocycles. The van der Waals surface area contributed by atoms with Crippen molar-refractivity contribution in [1.82, 2.24) is 10.9 Å². The number of carbonyl (C=O) groups excluding carboxylic acids is 2. The molecule has 19 heavy (non-hydrogen) atoms. The molecule has 0 spiro atoms. The Morgan fingerprint density at radius 1 is 1.21 bits per heavy atom. The molecule has 6 nitrogen and oxygen atoms in total. The van der Waals surface area contributed by atoms with Crippen LogP contribution in [0.3, 0.4) is 0 Å². The number of ether oxygens (including phenoxy) is 2. The number of esters is 1. The highest BCUT2D eigenvalue weighted by molar-refractivity contribution is 5.76. The SMILES string of the molecule is CCOC(=O)C(C)NNC(=O)OCc1ccccc1. The summed E-state index contributed by atoms with van der Waals surface area (Å²) >= 11 is 0. The maximum atomic E-state index is 11.4. The van der Waals surface area contributed by atoms with Gasteiger partial charge in [-0.3, -0.25) is 10.2 Å². The second kappa shape index (κ2) is 8.10. The summed E-state index contributed by atoms with van der Waals surface area (Å²) in [6.07, 6.45) is -0.653. The van der Waals surface area contributed by atoms with E-state index in [1.165, 1.54) is 0 Å². The molecule has 0 aliphatic carbocycles. The second-order valence-corrected chi connectivity index (χ2v) is 3.80. The Morgan fingerprint density at radius 2 is 1.89 bits per heavy atom. The minimum Gasteiger partial charge on any atom is -0.465 e. The van der Waals surface area contributed by atoms with E-state index in [1.54, 1.807) is 13.8 Å². The number of rotatable bonds is 6. The summed E-state index contributed by atoms with van der Waals surface area (Å²) in [4.78, 5) is 22.6. The van der Waals surface area contributed by atoms with Crippen LogP contribution in [-0.4, -0.2) is 24.7 Å². The van der Waals surface area contributed by atoms with E-state index >= 15 is 0 Å². The fraction of sp³-hybridized carbons (Fsp3) is 0.385. The van der Waals surface area contributed by atoms with Crippen LogP contribution in [0, 0.1) is 0 Å². The molecule has 1 rings (SSSR count). The van der Waals surface area contributed by atoms with Gasteiger partial charge in [-0.15, -0.1) is 0 Å². The number of hydrogen-bond acceptors (Lipinski definition) is 5. The lowest BCUT2D eigenvalue weighted by molar-refractivity contribution is -0.145. The molecule has 1 aromatic carbocycles. The van der Waals surface area contributed by atoms with Crippen LogP contribution in [0.4, 0.5) is 4.79 Å². The topological polar surface area (TPSA) is 76.7 Å². The van der Waals surface area contributed by atoms with Crippen molar-refractivity contribution in [2.45, 2.75) is 26.5 Å². The van der Waals surface area contributed by atoms with Gasteiger partial charge in [-0.05, 0) is 19.4 Å². The van der Waals surface area contributed by atoms with E-state index in [0.717, 1.165) is 5.56 Å². The highest BCUT2D eigenvalue weighted by Crippen LogP contribution is 2.00. The summed E-state index contributed by atoms with van der Waals surface area (Å²) in [5, 5.41) is 0. The quantitative estimate of drug-likeness (QED) is 0.600. The second-order valence-electron chi connectivity index (χ2n) is 3.80. The zero-order valence-electron chi connectivity index (χ0n) is 11.0. The van der Waals surface area contributed by atoms with Crippen molar-refractivity contribution in [2.75, 3.05) is 6.61 Å². The molecule has 104 valence electrons. The van der Waals surface area contributed by atoms with Crippen LogP contribution in [0.25, 0.3) is 0 Å². The van der Waals surface area contributed by atoms with Gasteiger partial charge in [0.25, 0.3) is 0 Å². The Bertz CT molecular complexity index is 408. The lowest BCUT2D eigenvalue weighted by Crippen LogP contribution is -2.47. The summed E-state index contributed by atoms with van der Waals surface area (Å²) in [5.74, 6) is -0.439. The van der Waals surface area contributed by atoms with Crippen molar-refractivity contribution in [3.63, 3.8) is 0 Å². The molecule has 1 aromatic rings. The monoisotopic (exact) mass is 266 g/mol. The van der Waals surface area contributed by atoms with Crippen molar-refractivity contribution < 1.29 is 19.1 Å². The van der Waals surface area contributed by atoms with Gasteiger partial charge in [-0.25, -0.2) is 10.2 Å². The van der Waals surface area contributed by atoms with Gasteiger partial charge < -0.3 is 9.47 Å². The smallest absolute Gasteiger partial charge is 0.421 e. The number of hydrazine groups is 1. The number of nitrogens with one attached hydrogen (secondary N) is 2. The van der Waals surface area contributed by atoms with Crippen LogP contribution in [0.2, 0.25) is 0 Å². The molecule has 0 aliphatic heterocycles. The first-order chi connectivity index (χ1) is 9.13. The van der Waals surface area contributed by atoms with Crippen LogP contribution < -0.4 is 10.9 Å². The Hall–Kier alpha value is -2.08. The maximum absolute atomic E-state index is 11.4. The van der Waals surface area contributed by atoms with Gasteiger partial charge in [-0.2, -0.15) is 0 Å². The van der Waals surface area contributed by atoms with E-state index in [2.05, 4.69) is 10.9 Å². The summed E-state index contributed by atoms with van der Waals surface area (Å²) in [6, 6.07) is 8.66. The Kier molecular flexibility index (Phi) is 6.38. The van der Waals surface area contributed by atoms with E-state index in [9.17, 15) is 9.59 Å². The van der Waals surface area contributed by atoms with Gasteiger partial charge in [0.1, 0.15) is 12.6 Å². The van der Waals surface area contributed by atoms with E-state index in [0.29, 0.717) is 6.61 Å². The fourth-order valence-electron chi connectivity index (χ4n) is 1.25. The molecule has 1 atom stereocenters. The van der Waals surface area contributed by atoms with E-state index < -0.39 is 18.1 Å². The molecule has 1 unspecified atom stereocenters. The third-order valence-electron chi connectivity index (χ3n) is 2.24. The lowest BCUT2D eigenvalue weighted by atomic mass is 10.2.